The van der Waals surface area contributed by atoms with Crippen LogP contribution in [0.5, 0.6) is 0 Å². The molecule has 0 spiro atoms. The van der Waals surface area contributed by atoms with E-state index in [1.54, 1.807) is 0 Å². The van der Waals surface area contributed by atoms with Crippen molar-refractivity contribution in [1.82, 2.24) is 0 Å². The molecule has 116 valence electrons. The summed E-state index contributed by atoms with van der Waals surface area (Å²) in [7, 11) is 0. The number of alkyl halides is 3. The fourth-order valence-electron chi connectivity index (χ4n) is 3.06. The van der Waals surface area contributed by atoms with Crippen LogP contribution in [-0.4, -0.2) is 5.78 Å². The van der Waals surface area contributed by atoms with Gasteiger partial charge in [-0.15, -0.1) is 0 Å². The van der Waals surface area contributed by atoms with Crippen LogP contribution in [0, 0.1) is 17.7 Å². The first-order chi connectivity index (χ1) is 9.84. The number of Topliss-reactive ketones (excluding diaryl/α,β-unsaturated/α-hetero) is 1. The lowest BCUT2D eigenvalue weighted by Gasteiger charge is -2.27. The molecule has 1 aromatic carbocycles. The second-order valence-electron chi connectivity index (χ2n) is 5.67. The van der Waals surface area contributed by atoms with Crippen molar-refractivity contribution < 1.29 is 22.4 Å². The summed E-state index contributed by atoms with van der Waals surface area (Å²) in [4.78, 5) is 12.4. The van der Waals surface area contributed by atoms with Gasteiger partial charge in [0.15, 0.2) is 5.78 Å². The molecule has 0 aromatic heterocycles. The number of carbonyl (C=O) groups excluding carboxylic acids is 1. The monoisotopic (exact) mass is 302 g/mol. The molecule has 2 atom stereocenters. The fourth-order valence-corrected chi connectivity index (χ4v) is 3.06. The first kappa shape index (κ1) is 16.0. The maximum atomic E-state index is 14.0. The second kappa shape index (κ2) is 6.16. The molecule has 0 radical (unpaired) electrons. The lowest BCUT2D eigenvalue weighted by molar-refractivity contribution is -0.140. The number of benzene rings is 1. The number of ketones is 1. The minimum Gasteiger partial charge on any atom is -0.294 e. The number of halogens is 4. The number of carbonyl (C=O) groups is 1. The Hall–Kier alpha value is -1.39. The van der Waals surface area contributed by atoms with E-state index in [2.05, 4.69) is 0 Å². The summed E-state index contributed by atoms with van der Waals surface area (Å²) in [6, 6.07) is 2.92. The van der Waals surface area contributed by atoms with Gasteiger partial charge >= 0.3 is 6.18 Å². The van der Waals surface area contributed by atoms with E-state index in [-0.39, 0.29) is 5.92 Å². The van der Waals surface area contributed by atoms with Gasteiger partial charge in [0.2, 0.25) is 0 Å². The van der Waals surface area contributed by atoms with E-state index in [1.165, 1.54) is 0 Å². The van der Waals surface area contributed by atoms with Gasteiger partial charge in [-0.05, 0) is 30.9 Å². The zero-order chi connectivity index (χ0) is 15.6. The third-order valence-electron chi connectivity index (χ3n) is 4.30. The molecule has 1 aliphatic carbocycles. The van der Waals surface area contributed by atoms with Crippen LogP contribution >= 0.6 is 0 Å². The Morgan fingerprint density at radius 2 is 2.00 bits per heavy atom. The van der Waals surface area contributed by atoms with Crippen molar-refractivity contribution in [2.45, 2.75) is 45.2 Å². The van der Waals surface area contributed by atoms with Gasteiger partial charge in [-0.2, -0.15) is 13.2 Å². The average Bonchev–Trinajstić information content (AvgIpc) is 2.45. The van der Waals surface area contributed by atoms with Crippen LogP contribution in [0.25, 0.3) is 0 Å². The van der Waals surface area contributed by atoms with Crippen molar-refractivity contribution in [1.29, 1.82) is 0 Å². The standard InChI is InChI=1S/C16H18F4O/c1-2-10-5-3-6-11(9-10)15(21)12-7-4-8-13(14(12)17)16(18,19)20/h4,7-8,10-11H,2-3,5-6,9H2,1H3. The summed E-state index contributed by atoms with van der Waals surface area (Å²) in [6.45, 7) is 2.03. The van der Waals surface area contributed by atoms with E-state index in [4.69, 9.17) is 0 Å². The molecule has 21 heavy (non-hydrogen) atoms. The predicted molar refractivity (Wildman–Crippen MR) is 71.5 cm³/mol. The Balaban J connectivity index is 2.27. The molecule has 1 aromatic rings. The maximum absolute atomic E-state index is 14.0. The summed E-state index contributed by atoms with van der Waals surface area (Å²) in [5.74, 6) is -1.88. The van der Waals surface area contributed by atoms with Crippen LogP contribution in [0.3, 0.4) is 0 Å². The summed E-state index contributed by atoms with van der Waals surface area (Å²) < 4.78 is 52.1. The van der Waals surface area contributed by atoms with Gasteiger partial charge in [-0.1, -0.05) is 32.3 Å². The second-order valence-corrected chi connectivity index (χ2v) is 5.67. The van der Waals surface area contributed by atoms with E-state index in [0.29, 0.717) is 24.8 Å². The summed E-state index contributed by atoms with van der Waals surface area (Å²) in [6.07, 6.45) is -0.662. The SMILES string of the molecule is CCC1CCCC(C(=O)c2cccc(C(F)(F)F)c2F)C1. The summed E-state index contributed by atoms with van der Waals surface area (Å²) >= 11 is 0. The quantitative estimate of drug-likeness (QED) is 0.551. The van der Waals surface area contributed by atoms with Crippen molar-refractivity contribution in [2.24, 2.45) is 11.8 Å². The lowest BCUT2D eigenvalue weighted by atomic mass is 9.77. The number of hydrogen-bond acceptors (Lipinski definition) is 1. The zero-order valence-electron chi connectivity index (χ0n) is 11.8. The van der Waals surface area contributed by atoms with Crippen LogP contribution in [0.2, 0.25) is 0 Å². The molecule has 1 fully saturated rings. The van der Waals surface area contributed by atoms with E-state index >= 15 is 0 Å². The van der Waals surface area contributed by atoms with Crippen LogP contribution in [0.4, 0.5) is 17.6 Å². The molecule has 1 saturated carbocycles. The number of rotatable bonds is 3. The van der Waals surface area contributed by atoms with Crippen molar-refractivity contribution in [3.05, 3.63) is 35.1 Å². The molecule has 0 saturated heterocycles. The molecule has 0 bridgehead atoms. The van der Waals surface area contributed by atoms with E-state index in [0.717, 1.165) is 31.4 Å². The fraction of sp³-hybridized carbons (Fsp3) is 0.562. The van der Waals surface area contributed by atoms with Gasteiger partial charge in [0, 0.05) is 5.92 Å². The minimum absolute atomic E-state index is 0.360. The first-order valence-corrected chi connectivity index (χ1v) is 7.24. The highest BCUT2D eigenvalue weighted by Gasteiger charge is 2.37. The van der Waals surface area contributed by atoms with Gasteiger partial charge < -0.3 is 0 Å². The Bertz CT molecular complexity index is 521. The molecule has 5 heteroatoms. The van der Waals surface area contributed by atoms with Gasteiger partial charge in [0.1, 0.15) is 5.82 Å². The Morgan fingerprint density at radius 3 is 2.62 bits per heavy atom. The first-order valence-electron chi connectivity index (χ1n) is 7.24. The highest BCUT2D eigenvalue weighted by atomic mass is 19.4. The van der Waals surface area contributed by atoms with Crippen molar-refractivity contribution in [3.63, 3.8) is 0 Å². The third kappa shape index (κ3) is 3.44. The number of hydrogen-bond donors (Lipinski definition) is 0. The summed E-state index contributed by atoms with van der Waals surface area (Å²) in [5.41, 5.74) is -1.79. The normalized spacial score (nSPS) is 23.1. The topological polar surface area (TPSA) is 17.1 Å². The maximum Gasteiger partial charge on any atom is 0.419 e. The highest BCUT2D eigenvalue weighted by molar-refractivity contribution is 5.98. The lowest BCUT2D eigenvalue weighted by Crippen LogP contribution is -2.24. The van der Waals surface area contributed by atoms with Crippen LogP contribution < -0.4 is 0 Å². The molecular formula is C16H18F4O. The van der Waals surface area contributed by atoms with Gasteiger partial charge in [-0.25, -0.2) is 4.39 Å². The van der Waals surface area contributed by atoms with Crippen molar-refractivity contribution in [3.8, 4) is 0 Å². The van der Waals surface area contributed by atoms with E-state index in [1.807, 2.05) is 6.92 Å². The molecule has 0 aliphatic heterocycles. The molecule has 0 heterocycles. The molecule has 2 unspecified atom stereocenters. The smallest absolute Gasteiger partial charge is 0.294 e. The van der Waals surface area contributed by atoms with E-state index < -0.39 is 28.9 Å². The zero-order valence-corrected chi connectivity index (χ0v) is 11.8. The largest absolute Gasteiger partial charge is 0.419 e. The highest BCUT2D eigenvalue weighted by Crippen LogP contribution is 2.36. The predicted octanol–water partition coefficient (Wildman–Crippen LogP) is 5.24. The third-order valence-corrected chi connectivity index (χ3v) is 4.30. The molecule has 0 amide bonds. The van der Waals surface area contributed by atoms with Gasteiger partial charge in [0.25, 0.3) is 0 Å². The molecule has 1 aliphatic rings. The molecule has 1 nitrogen and oxygen atoms in total. The van der Waals surface area contributed by atoms with Gasteiger partial charge in [-0.3, -0.25) is 4.79 Å². The van der Waals surface area contributed by atoms with Crippen LogP contribution in [0.15, 0.2) is 18.2 Å². The average molecular weight is 302 g/mol. The summed E-state index contributed by atoms with van der Waals surface area (Å²) in [5, 5.41) is 0. The minimum atomic E-state index is -4.78. The van der Waals surface area contributed by atoms with Crippen molar-refractivity contribution in [2.75, 3.05) is 0 Å². The van der Waals surface area contributed by atoms with Crippen LogP contribution in [-0.2, 0) is 6.18 Å². The Morgan fingerprint density at radius 1 is 1.29 bits per heavy atom. The van der Waals surface area contributed by atoms with E-state index in [9.17, 15) is 22.4 Å². The van der Waals surface area contributed by atoms with Crippen LogP contribution in [0.1, 0.15) is 54.9 Å². The van der Waals surface area contributed by atoms with Gasteiger partial charge in [0.05, 0.1) is 11.1 Å². The van der Waals surface area contributed by atoms with Crippen molar-refractivity contribution >= 4 is 5.78 Å². The molecule has 2 rings (SSSR count). The molecule has 0 N–H and O–H groups in total. The Kier molecular flexibility index (Phi) is 4.69. The Labute approximate surface area is 121 Å². The molecular weight excluding hydrogens is 284 g/mol.